The summed E-state index contributed by atoms with van der Waals surface area (Å²) in [4.78, 5) is 12.8. The van der Waals surface area contributed by atoms with Crippen LogP contribution in [0.15, 0.2) is 30.3 Å². The fourth-order valence-corrected chi connectivity index (χ4v) is 5.48. The number of hydrogen-bond acceptors (Lipinski definition) is 3. The minimum absolute atomic E-state index is 0.0111. The molecule has 9 heteroatoms. The Balaban J connectivity index is 1.66. The molecular formula is C20H19Cl2FN2O3S. The molecule has 1 amide bonds. The molecule has 5 nitrogen and oxygen atoms in total. The van der Waals surface area contributed by atoms with E-state index in [1.54, 1.807) is 6.07 Å². The van der Waals surface area contributed by atoms with Gasteiger partial charge in [0.1, 0.15) is 5.82 Å². The molecule has 1 N–H and O–H groups in total. The third kappa shape index (κ3) is 3.96. The van der Waals surface area contributed by atoms with Crippen molar-refractivity contribution in [2.24, 2.45) is 0 Å². The van der Waals surface area contributed by atoms with Crippen molar-refractivity contribution in [2.75, 3.05) is 21.9 Å². The van der Waals surface area contributed by atoms with E-state index in [0.29, 0.717) is 17.1 Å². The quantitative estimate of drug-likeness (QED) is 0.705. The van der Waals surface area contributed by atoms with Gasteiger partial charge in [-0.15, -0.1) is 0 Å². The van der Waals surface area contributed by atoms with Crippen LogP contribution in [0.2, 0.25) is 10.0 Å². The predicted molar refractivity (Wildman–Crippen MR) is 113 cm³/mol. The van der Waals surface area contributed by atoms with E-state index in [1.165, 1.54) is 6.07 Å². The first-order valence-corrected chi connectivity index (χ1v) is 11.6. The van der Waals surface area contributed by atoms with Crippen LogP contribution in [0.3, 0.4) is 0 Å². The zero-order valence-electron chi connectivity index (χ0n) is 15.6. The van der Waals surface area contributed by atoms with E-state index in [0.717, 1.165) is 28.8 Å². The second-order valence-electron chi connectivity index (χ2n) is 7.77. The number of halogens is 3. The first kappa shape index (κ1) is 20.4. The van der Waals surface area contributed by atoms with Gasteiger partial charge in [-0.1, -0.05) is 30.1 Å². The lowest BCUT2D eigenvalue weighted by atomic mass is 9.98. The van der Waals surface area contributed by atoms with E-state index in [-0.39, 0.29) is 34.0 Å². The highest BCUT2D eigenvalue weighted by Crippen LogP contribution is 2.48. The number of sulfonamides is 1. The predicted octanol–water partition coefficient (Wildman–Crippen LogP) is 4.98. The highest BCUT2D eigenvalue weighted by Gasteiger charge is 2.39. The molecule has 2 aliphatic rings. The lowest BCUT2D eigenvalue weighted by Gasteiger charge is -2.19. The molecule has 0 aromatic heterocycles. The van der Waals surface area contributed by atoms with Crippen molar-refractivity contribution in [1.82, 2.24) is 0 Å². The van der Waals surface area contributed by atoms with Crippen LogP contribution in [-0.2, 0) is 15.4 Å². The summed E-state index contributed by atoms with van der Waals surface area (Å²) in [5.74, 6) is -1.50. The molecule has 0 unspecified atom stereocenters. The topological polar surface area (TPSA) is 66.5 Å². The van der Waals surface area contributed by atoms with Gasteiger partial charge in [0, 0.05) is 17.3 Å². The molecule has 0 bridgehead atoms. The molecule has 0 radical (unpaired) electrons. The van der Waals surface area contributed by atoms with E-state index in [4.69, 9.17) is 23.2 Å². The summed E-state index contributed by atoms with van der Waals surface area (Å²) in [6, 6.07) is 7.66. The van der Waals surface area contributed by atoms with Gasteiger partial charge in [0.25, 0.3) is 5.91 Å². The highest BCUT2D eigenvalue weighted by atomic mass is 35.5. The highest BCUT2D eigenvalue weighted by molar-refractivity contribution is 7.93. The number of nitrogens with one attached hydrogen (secondary N) is 1. The molecule has 2 fully saturated rings. The first-order valence-electron chi connectivity index (χ1n) is 9.21. The minimum atomic E-state index is -3.52. The zero-order chi connectivity index (χ0) is 21.0. The maximum absolute atomic E-state index is 14.4. The van der Waals surface area contributed by atoms with E-state index in [2.05, 4.69) is 12.2 Å². The van der Waals surface area contributed by atoms with Crippen molar-refractivity contribution < 1.29 is 17.6 Å². The Hall–Kier alpha value is -1.83. The molecule has 1 saturated heterocycles. The van der Waals surface area contributed by atoms with Crippen molar-refractivity contribution in [2.45, 2.75) is 31.6 Å². The van der Waals surface area contributed by atoms with E-state index >= 15 is 0 Å². The molecule has 29 heavy (non-hydrogen) atoms. The summed E-state index contributed by atoms with van der Waals surface area (Å²) in [7, 11) is -3.52. The monoisotopic (exact) mass is 456 g/mol. The van der Waals surface area contributed by atoms with Crippen molar-refractivity contribution in [1.29, 1.82) is 0 Å². The Bertz CT molecular complexity index is 1120. The molecule has 0 atom stereocenters. The average molecular weight is 457 g/mol. The fourth-order valence-electron chi connectivity index (χ4n) is 3.50. The Morgan fingerprint density at radius 1 is 1.17 bits per heavy atom. The van der Waals surface area contributed by atoms with Crippen LogP contribution in [0.4, 0.5) is 15.8 Å². The largest absolute Gasteiger partial charge is 0.322 e. The molecule has 2 aromatic carbocycles. The number of rotatable bonds is 4. The van der Waals surface area contributed by atoms with Crippen molar-refractivity contribution in [3.05, 3.63) is 57.3 Å². The van der Waals surface area contributed by atoms with Gasteiger partial charge in [0.05, 0.1) is 22.0 Å². The average Bonchev–Trinajstić information content (AvgIpc) is 3.29. The lowest BCUT2D eigenvalue weighted by molar-refractivity contribution is 0.102. The van der Waals surface area contributed by atoms with Crippen LogP contribution in [0.5, 0.6) is 0 Å². The summed E-state index contributed by atoms with van der Waals surface area (Å²) in [6.45, 7) is 2.36. The van der Waals surface area contributed by atoms with Gasteiger partial charge in [-0.3, -0.25) is 9.10 Å². The van der Waals surface area contributed by atoms with Gasteiger partial charge >= 0.3 is 0 Å². The number of amides is 1. The van der Waals surface area contributed by atoms with Crippen LogP contribution in [0, 0.1) is 5.82 Å². The lowest BCUT2D eigenvalue weighted by Crippen LogP contribution is -2.26. The number of nitrogens with zero attached hydrogens (tertiary/aromatic N) is 1. The van der Waals surface area contributed by atoms with Crippen molar-refractivity contribution in [3.63, 3.8) is 0 Å². The van der Waals surface area contributed by atoms with Gasteiger partial charge in [0.2, 0.25) is 10.0 Å². The maximum atomic E-state index is 14.4. The van der Waals surface area contributed by atoms with Gasteiger partial charge in [-0.25, -0.2) is 12.8 Å². The molecule has 1 saturated carbocycles. The molecule has 4 rings (SSSR count). The minimum Gasteiger partial charge on any atom is -0.322 e. The third-order valence-electron chi connectivity index (χ3n) is 5.50. The normalized spacial score (nSPS) is 19.2. The van der Waals surface area contributed by atoms with Crippen LogP contribution >= 0.6 is 23.2 Å². The van der Waals surface area contributed by atoms with Gasteiger partial charge in [-0.2, -0.15) is 0 Å². The molecule has 1 heterocycles. The molecule has 154 valence electrons. The SMILES string of the molecule is CC1(c2cc(Cl)cc(NC(=O)c3cc(N4CCCS4(=O)=O)cc(F)c3Cl)c2)CC1. The van der Waals surface area contributed by atoms with E-state index < -0.39 is 21.7 Å². The Labute approximate surface area is 178 Å². The summed E-state index contributed by atoms with van der Waals surface area (Å²) in [5, 5.41) is 2.83. The van der Waals surface area contributed by atoms with Crippen LogP contribution in [-0.4, -0.2) is 26.6 Å². The molecule has 0 spiro atoms. The van der Waals surface area contributed by atoms with Crippen LogP contribution < -0.4 is 9.62 Å². The zero-order valence-corrected chi connectivity index (χ0v) is 18.0. The summed E-state index contributed by atoms with van der Waals surface area (Å²) in [5.41, 5.74) is 1.50. The van der Waals surface area contributed by atoms with Crippen molar-refractivity contribution in [3.8, 4) is 0 Å². The van der Waals surface area contributed by atoms with Gasteiger partial charge in [0.15, 0.2) is 0 Å². The number of carbonyl (C=O) groups is 1. The molecule has 1 aliphatic carbocycles. The summed E-state index contributed by atoms with van der Waals surface area (Å²) < 4.78 is 39.8. The van der Waals surface area contributed by atoms with Gasteiger partial charge < -0.3 is 5.32 Å². The second kappa shape index (κ2) is 7.15. The molecule has 1 aliphatic heterocycles. The van der Waals surface area contributed by atoms with Crippen molar-refractivity contribution >= 4 is 50.5 Å². The van der Waals surface area contributed by atoms with E-state index in [1.807, 2.05) is 12.1 Å². The number of hydrogen-bond donors (Lipinski definition) is 1. The summed E-state index contributed by atoms with van der Waals surface area (Å²) in [6.07, 6.45) is 2.53. The number of benzene rings is 2. The maximum Gasteiger partial charge on any atom is 0.257 e. The Kier molecular flexibility index (Phi) is 5.04. The fraction of sp³-hybridized carbons (Fsp3) is 0.350. The Morgan fingerprint density at radius 3 is 2.52 bits per heavy atom. The standard InChI is InChI=1S/C20H19Cl2FN2O3S/c1-20(3-4-20)12-7-13(21)9-14(8-12)24-19(26)16-10-15(11-17(23)18(16)22)25-5-2-6-29(25,27)28/h7-11H,2-6H2,1H3,(H,24,26). The number of carbonyl (C=O) groups excluding carboxylic acids is 1. The van der Waals surface area contributed by atoms with E-state index in [9.17, 15) is 17.6 Å². The van der Waals surface area contributed by atoms with Gasteiger partial charge in [-0.05, 0) is 60.6 Å². The summed E-state index contributed by atoms with van der Waals surface area (Å²) >= 11 is 12.2. The van der Waals surface area contributed by atoms with Crippen LogP contribution in [0.1, 0.15) is 42.1 Å². The molecule has 2 aromatic rings. The Morgan fingerprint density at radius 2 is 1.90 bits per heavy atom. The first-order chi connectivity index (χ1) is 13.6. The molecular weight excluding hydrogens is 438 g/mol. The number of anilines is 2. The second-order valence-corrected chi connectivity index (χ2v) is 10.6. The smallest absolute Gasteiger partial charge is 0.257 e. The van der Waals surface area contributed by atoms with Crippen LogP contribution in [0.25, 0.3) is 0 Å². The third-order valence-corrected chi connectivity index (χ3v) is 7.97.